The van der Waals surface area contributed by atoms with Crippen LogP contribution in [-0.2, 0) is 0 Å². The van der Waals surface area contributed by atoms with E-state index in [2.05, 4.69) is 31.3 Å². The lowest BCUT2D eigenvalue weighted by molar-refractivity contribution is 0.413. The second-order valence-electron chi connectivity index (χ2n) is 2.58. The van der Waals surface area contributed by atoms with Gasteiger partial charge in [-0.25, -0.2) is 3.11 Å². The first-order valence-electron chi connectivity index (χ1n) is 3.02. The fourth-order valence-corrected chi connectivity index (χ4v) is 2.41. The monoisotopic (exact) mass is 224 g/mol. The van der Waals surface area contributed by atoms with Crippen molar-refractivity contribution < 1.29 is 0 Å². The van der Waals surface area contributed by atoms with Crippen LogP contribution in [0.2, 0.25) is 0 Å². The summed E-state index contributed by atoms with van der Waals surface area (Å²) in [6.07, 6.45) is 1.38. The molecule has 0 aromatic carbocycles. The molecule has 1 N–H and O–H groups in total. The van der Waals surface area contributed by atoms with Gasteiger partial charge in [-0.2, -0.15) is 0 Å². The molecule has 2 aliphatic rings. The molecular formula is C5H9IN2. The largest absolute Gasteiger partial charge is 0.311 e. The number of nitrogens with one attached hydrogen (secondary N) is 1. The molecule has 2 fully saturated rings. The maximum Gasteiger partial charge on any atom is 0.0335 e. The van der Waals surface area contributed by atoms with Crippen LogP contribution in [0.1, 0.15) is 6.42 Å². The Morgan fingerprint density at radius 3 is 2.75 bits per heavy atom. The van der Waals surface area contributed by atoms with E-state index in [1.807, 2.05) is 0 Å². The third kappa shape index (κ3) is 0.681. The van der Waals surface area contributed by atoms with Crippen LogP contribution in [0.5, 0.6) is 0 Å². The molecular weight excluding hydrogens is 215 g/mol. The van der Waals surface area contributed by atoms with Crippen LogP contribution in [0.15, 0.2) is 0 Å². The third-order valence-electron chi connectivity index (χ3n) is 1.99. The molecule has 2 bridgehead atoms. The summed E-state index contributed by atoms with van der Waals surface area (Å²) in [5.74, 6) is 0. The van der Waals surface area contributed by atoms with Gasteiger partial charge in [-0.05, 0) is 6.42 Å². The fourth-order valence-electron chi connectivity index (χ4n) is 1.51. The first kappa shape index (κ1) is 5.44. The lowest BCUT2D eigenvalue weighted by Gasteiger charge is -2.19. The molecule has 2 saturated heterocycles. The van der Waals surface area contributed by atoms with Gasteiger partial charge in [0.25, 0.3) is 0 Å². The van der Waals surface area contributed by atoms with Crippen LogP contribution in [0, 0.1) is 0 Å². The maximum atomic E-state index is 3.44. The van der Waals surface area contributed by atoms with Crippen molar-refractivity contribution in [3.8, 4) is 0 Å². The van der Waals surface area contributed by atoms with Crippen molar-refractivity contribution >= 4 is 22.9 Å². The predicted molar refractivity (Wildman–Crippen MR) is 40.9 cm³/mol. The third-order valence-corrected chi connectivity index (χ3v) is 3.17. The Morgan fingerprint density at radius 2 is 2.50 bits per heavy atom. The highest BCUT2D eigenvalue weighted by atomic mass is 127. The van der Waals surface area contributed by atoms with Crippen molar-refractivity contribution in [2.45, 2.75) is 18.5 Å². The van der Waals surface area contributed by atoms with Crippen molar-refractivity contribution in [1.29, 1.82) is 0 Å². The summed E-state index contributed by atoms with van der Waals surface area (Å²) in [4.78, 5) is 0. The van der Waals surface area contributed by atoms with Gasteiger partial charge < -0.3 is 5.32 Å². The molecule has 2 atom stereocenters. The molecule has 0 aromatic rings. The first-order chi connectivity index (χ1) is 3.86. The number of hydrogen-bond donors (Lipinski definition) is 1. The summed E-state index contributed by atoms with van der Waals surface area (Å²) in [5.41, 5.74) is 0. The summed E-state index contributed by atoms with van der Waals surface area (Å²) in [5, 5.41) is 3.44. The maximum absolute atomic E-state index is 3.44. The van der Waals surface area contributed by atoms with E-state index in [1.54, 1.807) is 0 Å². The Morgan fingerprint density at radius 1 is 1.62 bits per heavy atom. The number of halogens is 1. The van der Waals surface area contributed by atoms with E-state index in [9.17, 15) is 0 Å². The zero-order valence-corrected chi connectivity index (χ0v) is 6.76. The van der Waals surface area contributed by atoms with Gasteiger partial charge in [-0.3, -0.25) is 0 Å². The summed E-state index contributed by atoms with van der Waals surface area (Å²) in [6.45, 7) is 2.47. The molecule has 8 heavy (non-hydrogen) atoms. The summed E-state index contributed by atoms with van der Waals surface area (Å²) < 4.78 is 2.42. The molecule has 2 heterocycles. The second-order valence-corrected chi connectivity index (χ2v) is 3.82. The molecule has 3 heteroatoms. The highest BCUT2D eigenvalue weighted by molar-refractivity contribution is 14.1. The Labute approximate surface area is 63.1 Å². The fraction of sp³-hybridized carbons (Fsp3) is 1.00. The van der Waals surface area contributed by atoms with Crippen LogP contribution in [0.25, 0.3) is 0 Å². The lowest BCUT2D eigenvalue weighted by atomic mass is 10.3. The summed E-state index contributed by atoms with van der Waals surface area (Å²) in [6, 6.07) is 1.66. The normalized spacial score (nSPS) is 46.1. The van der Waals surface area contributed by atoms with E-state index in [0.717, 1.165) is 12.1 Å². The standard InChI is InChI=1S/C5H9IN2/c6-8-3-4-1-5(8)2-7-4/h4-5,7H,1-3H2/t4-,5-/m1/s1. The van der Waals surface area contributed by atoms with Gasteiger partial charge in [-0.15, -0.1) is 0 Å². The van der Waals surface area contributed by atoms with Crippen molar-refractivity contribution in [3.63, 3.8) is 0 Å². The van der Waals surface area contributed by atoms with Crippen LogP contribution in [0.3, 0.4) is 0 Å². The zero-order chi connectivity index (χ0) is 5.56. The van der Waals surface area contributed by atoms with Crippen LogP contribution >= 0.6 is 22.9 Å². The molecule has 0 radical (unpaired) electrons. The average Bonchev–Trinajstić information content (AvgIpc) is 2.23. The topological polar surface area (TPSA) is 15.3 Å². The van der Waals surface area contributed by atoms with E-state index in [4.69, 9.17) is 0 Å². The van der Waals surface area contributed by atoms with Gasteiger partial charge >= 0.3 is 0 Å². The van der Waals surface area contributed by atoms with Gasteiger partial charge in [0.15, 0.2) is 0 Å². The zero-order valence-electron chi connectivity index (χ0n) is 4.60. The van der Waals surface area contributed by atoms with Gasteiger partial charge in [0.2, 0.25) is 0 Å². The van der Waals surface area contributed by atoms with Gasteiger partial charge in [-0.1, -0.05) is 0 Å². The van der Waals surface area contributed by atoms with Crippen LogP contribution in [0.4, 0.5) is 0 Å². The molecule has 0 aromatic heterocycles. The minimum Gasteiger partial charge on any atom is -0.311 e. The number of piperazine rings is 1. The number of fused-ring (bicyclic) bond motifs is 2. The average molecular weight is 224 g/mol. The van der Waals surface area contributed by atoms with Gasteiger partial charge in [0, 0.05) is 48.0 Å². The molecule has 0 spiro atoms. The Balaban J connectivity index is 2.11. The number of nitrogens with zero attached hydrogens (tertiary/aromatic N) is 1. The molecule has 46 valence electrons. The van der Waals surface area contributed by atoms with Crippen molar-refractivity contribution in [3.05, 3.63) is 0 Å². The summed E-state index contributed by atoms with van der Waals surface area (Å²) in [7, 11) is 0. The highest BCUT2D eigenvalue weighted by Crippen LogP contribution is 2.25. The van der Waals surface area contributed by atoms with Crippen molar-refractivity contribution in [1.82, 2.24) is 8.43 Å². The number of rotatable bonds is 0. The molecule has 2 aliphatic heterocycles. The number of hydrogen-bond acceptors (Lipinski definition) is 2. The minimum absolute atomic E-state index is 0.817. The van der Waals surface area contributed by atoms with Gasteiger partial charge in [0.05, 0.1) is 0 Å². The summed E-state index contributed by atoms with van der Waals surface area (Å²) >= 11 is 2.42. The van der Waals surface area contributed by atoms with Gasteiger partial charge in [0.1, 0.15) is 0 Å². The van der Waals surface area contributed by atoms with E-state index < -0.39 is 0 Å². The quantitative estimate of drug-likeness (QED) is 0.472. The Bertz CT molecular complexity index is 105. The highest BCUT2D eigenvalue weighted by Gasteiger charge is 2.35. The first-order valence-corrected chi connectivity index (χ1v) is 3.98. The van der Waals surface area contributed by atoms with E-state index >= 15 is 0 Å². The smallest absolute Gasteiger partial charge is 0.0335 e. The minimum atomic E-state index is 0.817. The molecule has 0 unspecified atom stereocenters. The van der Waals surface area contributed by atoms with E-state index in [-0.39, 0.29) is 0 Å². The molecule has 2 rings (SSSR count). The molecule has 0 amide bonds. The van der Waals surface area contributed by atoms with E-state index in [0.29, 0.717) is 0 Å². The SMILES string of the molecule is IN1C[C@H]2C[C@@H]1CN2. The van der Waals surface area contributed by atoms with E-state index in [1.165, 1.54) is 19.5 Å². The van der Waals surface area contributed by atoms with Crippen molar-refractivity contribution in [2.24, 2.45) is 0 Å². The van der Waals surface area contributed by atoms with Crippen LogP contribution in [-0.4, -0.2) is 28.3 Å². The Kier molecular flexibility index (Phi) is 1.23. The van der Waals surface area contributed by atoms with Crippen molar-refractivity contribution in [2.75, 3.05) is 13.1 Å². The second kappa shape index (κ2) is 1.82. The molecule has 0 aliphatic carbocycles. The molecule has 0 saturated carbocycles. The van der Waals surface area contributed by atoms with Crippen LogP contribution < -0.4 is 5.32 Å². The molecule has 2 nitrogen and oxygen atoms in total. The lowest BCUT2D eigenvalue weighted by Crippen LogP contribution is -2.38. The Hall–Kier alpha value is 0.650. The predicted octanol–water partition coefficient (Wildman–Crippen LogP) is 0.383.